The number of ether oxygens (including phenoxy) is 2. The summed E-state index contributed by atoms with van der Waals surface area (Å²) >= 11 is 12.2. The van der Waals surface area contributed by atoms with Crippen molar-refractivity contribution in [2.75, 3.05) is 6.61 Å². The molecule has 1 aromatic heterocycles. The lowest BCUT2D eigenvalue weighted by molar-refractivity contribution is 0.00948. The first kappa shape index (κ1) is 20.1. The molecule has 8 heteroatoms. The zero-order valence-corrected chi connectivity index (χ0v) is 17.0. The van der Waals surface area contributed by atoms with Crippen LogP contribution in [-0.2, 0) is 23.1 Å². The van der Waals surface area contributed by atoms with Crippen LogP contribution in [0, 0.1) is 0 Å². The number of hydrogen-bond donors (Lipinski definition) is 0. The van der Waals surface area contributed by atoms with Crippen LogP contribution in [0.2, 0.25) is 10.0 Å². The van der Waals surface area contributed by atoms with Crippen LogP contribution in [0.15, 0.2) is 18.2 Å². The molecule has 0 unspecified atom stereocenters. The van der Waals surface area contributed by atoms with Gasteiger partial charge < -0.3 is 9.47 Å². The predicted octanol–water partition coefficient (Wildman–Crippen LogP) is 4.54. The second kappa shape index (κ2) is 9.04. The van der Waals surface area contributed by atoms with Gasteiger partial charge in [-0.2, -0.15) is 0 Å². The van der Waals surface area contributed by atoms with E-state index in [1.807, 2.05) is 12.1 Å². The first-order valence-corrected chi connectivity index (χ1v) is 9.86. The van der Waals surface area contributed by atoms with Crippen molar-refractivity contribution in [3.63, 3.8) is 0 Å². The van der Waals surface area contributed by atoms with Crippen LogP contribution >= 0.6 is 23.2 Å². The largest absolute Gasteiger partial charge is 0.461 e. The first-order valence-electron chi connectivity index (χ1n) is 9.11. The molecule has 1 aliphatic carbocycles. The molecule has 0 N–H and O–H groups in total. The molecule has 1 aromatic carbocycles. The van der Waals surface area contributed by atoms with Gasteiger partial charge in [0.1, 0.15) is 0 Å². The Hall–Kier alpha value is -1.63. The fraction of sp³-hybridized carbons (Fsp3) is 0.526. The lowest BCUT2D eigenvalue weighted by Crippen LogP contribution is -2.22. The molecule has 1 fully saturated rings. The van der Waals surface area contributed by atoms with Gasteiger partial charge in [-0.25, -0.2) is 9.48 Å². The molecule has 1 aliphatic rings. The first-order chi connectivity index (χ1) is 13.0. The molecule has 6 nitrogen and oxygen atoms in total. The van der Waals surface area contributed by atoms with Crippen molar-refractivity contribution in [2.24, 2.45) is 7.05 Å². The zero-order chi connectivity index (χ0) is 19.4. The summed E-state index contributed by atoms with van der Waals surface area (Å²) in [4.78, 5) is 12.0. The van der Waals surface area contributed by atoms with Crippen LogP contribution in [0.1, 0.15) is 60.3 Å². The SMILES string of the molecule is CCOC(=O)c1nnn(C)c1COC1CCC(c2cc(Cl)cc(Cl)c2)CC1. The number of benzene rings is 1. The summed E-state index contributed by atoms with van der Waals surface area (Å²) in [5.74, 6) is -0.0275. The molecule has 2 aromatic rings. The Morgan fingerprint density at radius 3 is 2.48 bits per heavy atom. The molecule has 0 aliphatic heterocycles. The Morgan fingerprint density at radius 1 is 1.19 bits per heavy atom. The number of halogens is 2. The van der Waals surface area contributed by atoms with Crippen LogP contribution in [0.3, 0.4) is 0 Å². The molecule has 146 valence electrons. The minimum atomic E-state index is -0.467. The molecular weight excluding hydrogens is 389 g/mol. The van der Waals surface area contributed by atoms with Gasteiger partial charge in [0.2, 0.25) is 0 Å². The molecule has 0 atom stereocenters. The number of carbonyl (C=O) groups excluding carboxylic acids is 1. The van der Waals surface area contributed by atoms with Gasteiger partial charge in [0.25, 0.3) is 0 Å². The van der Waals surface area contributed by atoms with Crippen molar-refractivity contribution in [1.29, 1.82) is 0 Å². The monoisotopic (exact) mass is 411 g/mol. The molecule has 0 bridgehead atoms. The summed E-state index contributed by atoms with van der Waals surface area (Å²) in [7, 11) is 1.74. The maximum absolute atomic E-state index is 12.0. The van der Waals surface area contributed by atoms with Gasteiger partial charge in [-0.3, -0.25) is 0 Å². The second-order valence-electron chi connectivity index (χ2n) is 6.72. The highest BCUT2D eigenvalue weighted by Crippen LogP contribution is 2.36. The fourth-order valence-corrected chi connectivity index (χ4v) is 4.01. The summed E-state index contributed by atoms with van der Waals surface area (Å²) in [5, 5.41) is 9.16. The standard InChI is InChI=1S/C19H23Cl2N3O3/c1-3-26-19(25)18-17(24(2)23-22-18)11-27-16-6-4-12(5-7-16)13-8-14(20)10-15(21)9-13/h8-10,12,16H,3-7,11H2,1-2H3. The number of hydrogen-bond acceptors (Lipinski definition) is 5. The third kappa shape index (κ3) is 5.00. The Labute approximate surface area is 168 Å². The number of carbonyl (C=O) groups is 1. The number of aromatic nitrogens is 3. The Bertz CT molecular complexity index is 781. The van der Waals surface area contributed by atoms with Crippen LogP contribution in [0.25, 0.3) is 0 Å². The lowest BCUT2D eigenvalue weighted by Gasteiger charge is -2.29. The van der Waals surface area contributed by atoms with Crippen molar-refractivity contribution < 1.29 is 14.3 Å². The molecular formula is C19H23Cl2N3O3. The average molecular weight is 412 g/mol. The van der Waals surface area contributed by atoms with Gasteiger partial charge in [0, 0.05) is 17.1 Å². The molecule has 0 amide bonds. The van der Waals surface area contributed by atoms with E-state index in [2.05, 4.69) is 10.3 Å². The Morgan fingerprint density at radius 2 is 1.85 bits per heavy atom. The summed E-state index contributed by atoms with van der Waals surface area (Å²) in [5.41, 5.74) is 2.05. The Kier molecular flexibility index (Phi) is 6.73. The van der Waals surface area contributed by atoms with Gasteiger partial charge in [-0.05, 0) is 62.3 Å². The van der Waals surface area contributed by atoms with Crippen molar-refractivity contribution in [2.45, 2.75) is 51.2 Å². The highest BCUT2D eigenvalue weighted by atomic mass is 35.5. The minimum absolute atomic E-state index is 0.140. The summed E-state index contributed by atoms with van der Waals surface area (Å²) < 4.78 is 12.6. The van der Waals surface area contributed by atoms with Crippen molar-refractivity contribution in [1.82, 2.24) is 15.0 Å². The van der Waals surface area contributed by atoms with E-state index in [-0.39, 0.29) is 18.4 Å². The van der Waals surface area contributed by atoms with E-state index < -0.39 is 5.97 Å². The minimum Gasteiger partial charge on any atom is -0.461 e. The number of rotatable bonds is 6. The second-order valence-corrected chi connectivity index (χ2v) is 7.59. The quantitative estimate of drug-likeness (QED) is 0.652. The van der Waals surface area contributed by atoms with E-state index in [1.165, 1.54) is 5.56 Å². The van der Waals surface area contributed by atoms with Crippen LogP contribution < -0.4 is 0 Å². The average Bonchev–Trinajstić information content (AvgIpc) is 3.00. The van der Waals surface area contributed by atoms with Gasteiger partial charge in [0.05, 0.1) is 25.0 Å². The van der Waals surface area contributed by atoms with Crippen LogP contribution in [-0.4, -0.2) is 33.7 Å². The number of esters is 1. The van der Waals surface area contributed by atoms with Crippen LogP contribution in [0.4, 0.5) is 0 Å². The summed E-state index contributed by atoms with van der Waals surface area (Å²) in [6.07, 6.45) is 4.04. The lowest BCUT2D eigenvalue weighted by atomic mass is 9.83. The highest BCUT2D eigenvalue weighted by Gasteiger charge is 2.25. The van der Waals surface area contributed by atoms with E-state index in [4.69, 9.17) is 32.7 Å². The highest BCUT2D eigenvalue weighted by molar-refractivity contribution is 6.34. The molecule has 0 spiro atoms. The van der Waals surface area contributed by atoms with Gasteiger partial charge in [-0.1, -0.05) is 28.4 Å². The molecule has 1 saturated carbocycles. The predicted molar refractivity (Wildman–Crippen MR) is 103 cm³/mol. The van der Waals surface area contributed by atoms with Crippen molar-refractivity contribution in [3.05, 3.63) is 45.2 Å². The van der Waals surface area contributed by atoms with Crippen molar-refractivity contribution in [3.8, 4) is 0 Å². The smallest absolute Gasteiger partial charge is 0.360 e. The third-order valence-corrected chi connectivity index (χ3v) is 5.33. The number of aryl methyl sites for hydroxylation is 1. The van der Waals surface area contributed by atoms with Gasteiger partial charge >= 0.3 is 5.97 Å². The van der Waals surface area contributed by atoms with E-state index in [0.29, 0.717) is 28.3 Å². The van der Waals surface area contributed by atoms with E-state index >= 15 is 0 Å². The maximum atomic E-state index is 12.0. The van der Waals surface area contributed by atoms with E-state index in [9.17, 15) is 4.79 Å². The normalized spacial score (nSPS) is 19.9. The topological polar surface area (TPSA) is 66.2 Å². The van der Waals surface area contributed by atoms with Gasteiger partial charge in [0.15, 0.2) is 5.69 Å². The van der Waals surface area contributed by atoms with Crippen molar-refractivity contribution >= 4 is 29.2 Å². The Balaban J connectivity index is 1.56. The summed E-state index contributed by atoms with van der Waals surface area (Å²) in [6.45, 7) is 2.35. The van der Waals surface area contributed by atoms with E-state index in [1.54, 1.807) is 24.7 Å². The van der Waals surface area contributed by atoms with Gasteiger partial charge in [-0.15, -0.1) is 5.10 Å². The molecule has 3 rings (SSSR count). The van der Waals surface area contributed by atoms with Crippen LogP contribution in [0.5, 0.6) is 0 Å². The third-order valence-electron chi connectivity index (χ3n) is 4.90. The number of nitrogens with zero attached hydrogens (tertiary/aromatic N) is 3. The maximum Gasteiger partial charge on any atom is 0.360 e. The molecule has 27 heavy (non-hydrogen) atoms. The fourth-order valence-electron chi connectivity index (χ4n) is 3.47. The summed E-state index contributed by atoms with van der Waals surface area (Å²) in [6, 6.07) is 5.74. The molecule has 1 heterocycles. The van der Waals surface area contributed by atoms with E-state index in [0.717, 1.165) is 25.7 Å². The molecule has 0 radical (unpaired) electrons. The molecule has 0 saturated heterocycles. The zero-order valence-electron chi connectivity index (χ0n) is 15.5.